The number of rotatable bonds is 4. The molecule has 0 aromatic carbocycles. The molecule has 124 valence electrons. The van der Waals surface area contributed by atoms with Crippen molar-refractivity contribution >= 4 is 0 Å². The molecule has 2 fully saturated rings. The molecule has 0 unspecified atom stereocenters. The molecule has 2 saturated carbocycles. The minimum absolute atomic E-state index is 0.0949. The monoisotopic (exact) mass is 296 g/mol. The average Bonchev–Trinajstić information content (AvgIpc) is 2.48. The number of aliphatic hydroxyl groups is 2. The molecule has 2 heteroatoms. The van der Waals surface area contributed by atoms with Crippen LogP contribution in [0.15, 0.2) is 0 Å². The molecule has 0 radical (unpaired) electrons. The van der Waals surface area contributed by atoms with Crippen molar-refractivity contribution in [3.63, 3.8) is 0 Å². The van der Waals surface area contributed by atoms with Crippen LogP contribution in [0.2, 0.25) is 0 Å². The van der Waals surface area contributed by atoms with Gasteiger partial charge in [-0.1, -0.05) is 27.7 Å². The van der Waals surface area contributed by atoms with E-state index in [1.807, 2.05) is 0 Å². The Morgan fingerprint density at radius 3 is 1.24 bits per heavy atom. The van der Waals surface area contributed by atoms with E-state index in [0.717, 1.165) is 0 Å². The summed E-state index contributed by atoms with van der Waals surface area (Å²) in [6, 6.07) is 0. The first-order chi connectivity index (χ1) is 9.75. The normalized spacial score (nSPS) is 35.1. The number of aliphatic hydroxyl groups excluding tert-OH is 2. The van der Waals surface area contributed by atoms with Gasteiger partial charge in [0.15, 0.2) is 0 Å². The van der Waals surface area contributed by atoms with Gasteiger partial charge in [0.2, 0.25) is 0 Å². The molecular formula is C19H36O2. The lowest BCUT2D eigenvalue weighted by atomic mass is 9.56. The SMILES string of the molecule is CC(C)(CO)C1CCC2(CC1)CCC(C(C)(C)CO)CC2. The Morgan fingerprint density at radius 1 is 0.714 bits per heavy atom. The van der Waals surface area contributed by atoms with Crippen LogP contribution in [0.5, 0.6) is 0 Å². The van der Waals surface area contributed by atoms with Crippen LogP contribution in [0.4, 0.5) is 0 Å². The van der Waals surface area contributed by atoms with Gasteiger partial charge >= 0.3 is 0 Å². The van der Waals surface area contributed by atoms with Crippen LogP contribution in [0.25, 0.3) is 0 Å². The van der Waals surface area contributed by atoms with Crippen LogP contribution in [0, 0.1) is 28.1 Å². The Balaban J connectivity index is 1.89. The fourth-order valence-corrected chi connectivity index (χ4v) is 4.78. The Labute approximate surface area is 131 Å². The largest absolute Gasteiger partial charge is 0.396 e. The summed E-state index contributed by atoms with van der Waals surface area (Å²) >= 11 is 0. The molecule has 0 atom stereocenters. The summed E-state index contributed by atoms with van der Waals surface area (Å²) in [6.07, 6.45) is 10.6. The van der Waals surface area contributed by atoms with Gasteiger partial charge in [0.1, 0.15) is 0 Å². The van der Waals surface area contributed by atoms with E-state index in [2.05, 4.69) is 27.7 Å². The Hall–Kier alpha value is -0.0800. The van der Waals surface area contributed by atoms with E-state index in [1.165, 1.54) is 51.4 Å². The summed E-state index contributed by atoms with van der Waals surface area (Å²) in [5.41, 5.74) is 0.777. The van der Waals surface area contributed by atoms with Gasteiger partial charge in [0.05, 0.1) is 0 Å². The van der Waals surface area contributed by atoms with Crippen molar-refractivity contribution in [1.82, 2.24) is 0 Å². The first-order valence-electron chi connectivity index (χ1n) is 8.96. The highest BCUT2D eigenvalue weighted by atomic mass is 16.3. The van der Waals surface area contributed by atoms with Crippen LogP contribution < -0.4 is 0 Å². The van der Waals surface area contributed by atoms with Crippen molar-refractivity contribution in [3.8, 4) is 0 Å². The zero-order valence-corrected chi connectivity index (χ0v) is 14.6. The van der Waals surface area contributed by atoms with Crippen molar-refractivity contribution in [2.45, 2.75) is 79.1 Å². The summed E-state index contributed by atoms with van der Waals surface area (Å²) in [5.74, 6) is 1.39. The summed E-state index contributed by atoms with van der Waals surface area (Å²) in [4.78, 5) is 0. The second-order valence-electron chi connectivity index (χ2n) is 9.34. The van der Waals surface area contributed by atoms with E-state index < -0.39 is 0 Å². The summed E-state index contributed by atoms with van der Waals surface area (Å²) in [7, 11) is 0. The van der Waals surface area contributed by atoms with E-state index in [1.54, 1.807) is 0 Å². The Bertz CT molecular complexity index is 292. The van der Waals surface area contributed by atoms with Gasteiger partial charge in [-0.2, -0.15) is 0 Å². The summed E-state index contributed by atoms with van der Waals surface area (Å²) in [5, 5.41) is 19.2. The van der Waals surface area contributed by atoms with Crippen LogP contribution in [0.1, 0.15) is 79.1 Å². The average molecular weight is 296 g/mol. The third-order valence-corrected chi connectivity index (χ3v) is 7.12. The molecule has 2 aliphatic carbocycles. The van der Waals surface area contributed by atoms with Gasteiger partial charge in [0, 0.05) is 13.2 Å². The minimum atomic E-state index is 0.0949. The van der Waals surface area contributed by atoms with Crippen molar-refractivity contribution in [2.24, 2.45) is 28.1 Å². The van der Waals surface area contributed by atoms with E-state index in [4.69, 9.17) is 0 Å². The van der Waals surface area contributed by atoms with E-state index in [0.29, 0.717) is 30.5 Å². The van der Waals surface area contributed by atoms with Gasteiger partial charge in [-0.15, -0.1) is 0 Å². The van der Waals surface area contributed by atoms with Gasteiger partial charge in [-0.3, -0.25) is 0 Å². The van der Waals surface area contributed by atoms with Crippen LogP contribution in [-0.4, -0.2) is 23.4 Å². The van der Waals surface area contributed by atoms with Crippen molar-refractivity contribution in [1.29, 1.82) is 0 Å². The molecule has 0 aromatic rings. The maximum Gasteiger partial charge on any atom is 0.0484 e. The second-order valence-corrected chi connectivity index (χ2v) is 9.34. The highest BCUT2D eigenvalue weighted by Crippen LogP contribution is 2.54. The molecule has 21 heavy (non-hydrogen) atoms. The lowest BCUT2D eigenvalue weighted by molar-refractivity contribution is -0.00987. The van der Waals surface area contributed by atoms with Crippen LogP contribution >= 0.6 is 0 Å². The standard InChI is InChI=1S/C19H36O2/c1-17(2,13-20)15-5-9-19(10-6-15)11-7-16(8-12-19)18(3,4)14-21/h15-16,20-21H,5-14H2,1-4H3. The van der Waals surface area contributed by atoms with Crippen LogP contribution in [0.3, 0.4) is 0 Å². The first-order valence-corrected chi connectivity index (χ1v) is 8.96. The Morgan fingerprint density at radius 2 is 1.00 bits per heavy atom. The molecule has 2 rings (SSSR count). The molecular weight excluding hydrogens is 260 g/mol. The van der Waals surface area contributed by atoms with Gasteiger partial charge in [-0.05, 0) is 79.4 Å². The van der Waals surface area contributed by atoms with Crippen molar-refractivity contribution in [3.05, 3.63) is 0 Å². The van der Waals surface area contributed by atoms with Crippen LogP contribution in [-0.2, 0) is 0 Å². The van der Waals surface area contributed by atoms with E-state index in [9.17, 15) is 10.2 Å². The molecule has 2 N–H and O–H groups in total. The zero-order chi connectivity index (χ0) is 15.7. The molecule has 0 aliphatic heterocycles. The van der Waals surface area contributed by atoms with Gasteiger partial charge < -0.3 is 10.2 Å². The van der Waals surface area contributed by atoms with E-state index in [-0.39, 0.29) is 10.8 Å². The molecule has 2 nitrogen and oxygen atoms in total. The fourth-order valence-electron chi connectivity index (χ4n) is 4.78. The minimum Gasteiger partial charge on any atom is -0.396 e. The molecule has 2 aliphatic rings. The van der Waals surface area contributed by atoms with Crippen molar-refractivity contribution in [2.75, 3.05) is 13.2 Å². The van der Waals surface area contributed by atoms with Gasteiger partial charge in [0.25, 0.3) is 0 Å². The zero-order valence-electron chi connectivity index (χ0n) is 14.6. The highest BCUT2D eigenvalue weighted by molar-refractivity contribution is 4.95. The highest BCUT2D eigenvalue weighted by Gasteiger charge is 2.43. The fraction of sp³-hybridized carbons (Fsp3) is 1.00. The molecule has 0 heterocycles. The van der Waals surface area contributed by atoms with E-state index >= 15 is 0 Å². The molecule has 0 aromatic heterocycles. The smallest absolute Gasteiger partial charge is 0.0484 e. The predicted molar refractivity (Wildman–Crippen MR) is 88.1 cm³/mol. The van der Waals surface area contributed by atoms with Crippen molar-refractivity contribution < 1.29 is 10.2 Å². The third kappa shape index (κ3) is 3.64. The second kappa shape index (κ2) is 6.20. The third-order valence-electron chi connectivity index (χ3n) is 7.12. The number of hydrogen-bond donors (Lipinski definition) is 2. The lowest BCUT2D eigenvalue weighted by Gasteiger charge is -2.49. The molecule has 0 bridgehead atoms. The molecule has 0 amide bonds. The maximum atomic E-state index is 9.58. The van der Waals surface area contributed by atoms with Gasteiger partial charge in [-0.25, -0.2) is 0 Å². The first kappa shape index (κ1) is 17.3. The lowest BCUT2D eigenvalue weighted by Crippen LogP contribution is -2.40. The number of hydrogen-bond acceptors (Lipinski definition) is 2. The topological polar surface area (TPSA) is 40.5 Å². The molecule has 1 spiro atoms. The predicted octanol–water partition coefficient (Wildman–Crippen LogP) is 4.39. The summed E-state index contributed by atoms with van der Waals surface area (Å²) in [6.45, 7) is 9.51. The molecule has 0 saturated heterocycles. The summed E-state index contributed by atoms with van der Waals surface area (Å²) < 4.78 is 0. The quantitative estimate of drug-likeness (QED) is 0.807. The maximum absolute atomic E-state index is 9.58. The Kier molecular flexibility index (Phi) is 5.10.